The van der Waals surface area contributed by atoms with Gasteiger partial charge in [0, 0.05) is 25.7 Å². The first-order valence-corrected chi connectivity index (χ1v) is 6.69. The summed E-state index contributed by atoms with van der Waals surface area (Å²) in [6, 6.07) is 3.18. The zero-order valence-electron chi connectivity index (χ0n) is 12.3. The molecule has 0 bridgehead atoms. The van der Waals surface area contributed by atoms with Crippen LogP contribution in [0.25, 0.3) is 0 Å². The molecule has 1 aromatic carbocycles. The van der Waals surface area contributed by atoms with Crippen LogP contribution in [-0.4, -0.2) is 41.4 Å². The number of amides is 2. The number of benzene rings is 1. The van der Waals surface area contributed by atoms with Crippen molar-refractivity contribution in [2.24, 2.45) is 5.92 Å². The summed E-state index contributed by atoms with van der Waals surface area (Å²) < 4.78 is 0. The molecule has 1 saturated heterocycles. The Labute approximate surface area is 122 Å². The molecule has 2 amide bonds. The number of nitrogens with zero attached hydrogens (tertiary/aromatic N) is 1. The number of carboxylic acids is 1. The van der Waals surface area contributed by atoms with Gasteiger partial charge in [-0.1, -0.05) is 0 Å². The van der Waals surface area contributed by atoms with Crippen molar-refractivity contribution in [2.45, 2.75) is 20.3 Å². The van der Waals surface area contributed by atoms with E-state index in [1.807, 2.05) is 0 Å². The molecule has 1 unspecified atom stereocenters. The predicted molar refractivity (Wildman–Crippen MR) is 77.2 cm³/mol. The van der Waals surface area contributed by atoms with Crippen LogP contribution in [0.15, 0.2) is 12.1 Å². The van der Waals surface area contributed by atoms with E-state index in [0.717, 1.165) is 5.56 Å². The number of carbonyl (C=O) groups is 3. The van der Waals surface area contributed by atoms with E-state index in [-0.39, 0.29) is 23.8 Å². The predicted octanol–water partition coefficient (Wildman–Crippen LogP) is 1.42. The van der Waals surface area contributed by atoms with Gasteiger partial charge in [0.2, 0.25) is 11.8 Å². The van der Waals surface area contributed by atoms with E-state index in [9.17, 15) is 14.4 Å². The monoisotopic (exact) mass is 290 g/mol. The molecule has 1 aromatic rings. The van der Waals surface area contributed by atoms with E-state index in [1.54, 1.807) is 27.0 Å². The molecule has 6 heteroatoms. The fourth-order valence-corrected chi connectivity index (χ4v) is 2.44. The van der Waals surface area contributed by atoms with E-state index in [0.29, 0.717) is 17.8 Å². The lowest BCUT2D eigenvalue weighted by molar-refractivity contribution is -0.127. The maximum absolute atomic E-state index is 12.1. The molecular weight excluding hydrogens is 272 g/mol. The maximum Gasteiger partial charge on any atom is 0.336 e. The normalized spacial score (nSPS) is 18.0. The van der Waals surface area contributed by atoms with Crippen molar-refractivity contribution in [1.29, 1.82) is 0 Å². The third-order valence-corrected chi connectivity index (χ3v) is 3.88. The molecule has 0 saturated carbocycles. The number of aryl methyl sites for hydroxylation is 1. The summed E-state index contributed by atoms with van der Waals surface area (Å²) in [5, 5.41) is 11.9. The van der Waals surface area contributed by atoms with E-state index in [1.165, 1.54) is 11.0 Å². The molecule has 0 aliphatic carbocycles. The van der Waals surface area contributed by atoms with Crippen molar-refractivity contribution in [1.82, 2.24) is 4.90 Å². The minimum absolute atomic E-state index is 0.0542. The van der Waals surface area contributed by atoms with Crippen molar-refractivity contribution >= 4 is 23.5 Å². The van der Waals surface area contributed by atoms with Gasteiger partial charge in [-0.2, -0.15) is 0 Å². The molecular formula is C15H18N2O4. The topological polar surface area (TPSA) is 86.7 Å². The number of nitrogens with one attached hydrogen (secondary N) is 1. The summed E-state index contributed by atoms with van der Waals surface area (Å²) in [5.41, 5.74) is 2.09. The number of anilines is 1. The van der Waals surface area contributed by atoms with E-state index >= 15 is 0 Å². The van der Waals surface area contributed by atoms with Gasteiger partial charge < -0.3 is 15.3 Å². The fourth-order valence-electron chi connectivity index (χ4n) is 2.44. The molecule has 1 fully saturated rings. The van der Waals surface area contributed by atoms with Gasteiger partial charge in [0.1, 0.15) is 0 Å². The second-order valence-corrected chi connectivity index (χ2v) is 5.44. The van der Waals surface area contributed by atoms with Gasteiger partial charge >= 0.3 is 5.97 Å². The number of hydrogen-bond donors (Lipinski definition) is 2. The minimum Gasteiger partial charge on any atom is -0.478 e. The Morgan fingerprint density at radius 3 is 2.52 bits per heavy atom. The van der Waals surface area contributed by atoms with Gasteiger partial charge in [0.15, 0.2) is 0 Å². The molecule has 1 atom stereocenters. The van der Waals surface area contributed by atoms with Crippen LogP contribution >= 0.6 is 0 Å². The fraction of sp³-hybridized carbons (Fsp3) is 0.400. The largest absolute Gasteiger partial charge is 0.478 e. The molecule has 0 radical (unpaired) electrons. The van der Waals surface area contributed by atoms with Crippen LogP contribution in [0.4, 0.5) is 5.69 Å². The first-order chi connectivity index (χ1) is 9.79. The van der Waals surface area contributed by atoms with Crippen molar-refractivity contribution in [3.8, 4) is 0 Å². The number of carboxylic acid groups (broad SMARTS) is 1. The first kappa shape index (κ1) is 15.0. The number of carbonyl (C=O) groups excluding carboxylic acids is 2. The number of aromatic carboxylic acids is 1. The average molecular weight is 290 g/mol. The summed E-state index contributed by atoms with van der Waals surface area (Å²) >= 11 is 0. The van der Waals surface area contributed by atoms with E-state index < -0.39 is 11.9 Å². The highest BCUT2D eigenvalue weighted by Gasteiger charge is 2.32. The Hall–Kier alpha value is -2.37. The van der Waals surface area contributed by atoms with E-state index in [4.69, 9.17) is 5.11 Å². The summed E-state index contributed by atoms with van der Waals surface area (Å²) in [6.07, 6.45) is 0.193. The molecule has 2 rings (SSSR count). The van der Waals surface area contributed by atoms with E-state index in [2.05, 4.69) is 5.32 Å². The molecule has 21 heavy (non-hydrogen) atoms. The van der Waals surface area contributed by atoms with Crippen molar-refractivity contribution in [2.75, 3.05) is 18.9 Å². The van der Waals surface area contributed by atoms with Crippen molar-refractivity contribution < 1.29 is 19.5 Å². The summed E-state index contributed by atoms with van der Waals surface area (Å²) in [4.78, 5) is 36.3. The SMILES string of the molecule is Cc1cc(NC(=O)C2CC(=O)N(C)C2)cc(C(=O)O)c1C. The Kier molecular flexibility index (Phi) is 3.97. The third kappa shape index (κ3) is 3.04. The number of likely N-dealkylation sites (tertiary alicyclic amines) is 1. The Bertz CT molecular complexity index is 624. The van der Waals surface area contributed by atoms with Gasteiger partial charge in [-0.25, -0.2) is 4.79 Å². The standard InChI is InChI=1S/C15H18N2O4/c1-8-4-11(6-12(9(8)2)15(20)21)16-14(19)10-5-13(18)17(3)7-10/h4,6,10H,5,7H2,1-3H3,(H,16,19)(H,20,21). The second-order valence-electron chi connectivity index (χ2n) is 5.44. The highest BCUT2D eigenvalue weighted by atomic mass is 16.4. The zero-order valence-corrected chi connectivity index (χ0v) is 12.3. The molecule has 2 N–H and O–H groups in total. The minimum atomic E-state index is -1.03. The van der Waals surface area contributed by atoms with Crippen LogP contribution in [-0.2, 0) is 9.59 Å². The lowest BCUT2D eigenvalue weighted by Crippen LogP contribution is -2.25. The van der Waals surface area contributed by atoms with Gasteiger partial charge in [-0.15, -0.1) is 0 Å². The average Bonchev–Trinajstić information content (AvgIpc) is 2.73. The smallest absolute Gasteiger partial charge is 0.336 e. The molecule has 112 valence electrons. The van der Waals surface area contributed by atoms with Crippen LogP contribution in [0.5, 0.6) is 0 Å². The Morgan fingerprint density at radius 1 is 1.33 bits per heavy atom. The van der Waals surface area contributed by atoms with Crippen LogP contribution in [0.3, 0.4) is 0 Å². The van der Waals surface area contributed by atoms with Gasteiger partial charge in [0.05, 0.1) is 11.5 Å². The van der Waals surface area contributed by atoms with Gasteiger partial charge in [-0.05, 0) is 37.1 Å². The molecule has 0 aromatic heterocycles. The van der Waals surface area contributed by atoms with Gasteiger partial charge in [-0.3, -0.25) is 9.59 Å². The van der Waals surface area contributed by atoms with Crippen LogP contribution < -0.4 is 5.32 Å². The maximum atomic E-state index is 12.1. The molecule has 1 aliphatic heterocycles. The molecule has 1 heterocycles. The van der Waals surface area contributed by atoms with Crippen LogP contribution in [0.1, 0.15) is 27.9 Å². The highest BCUT2D eigenvalue weighted by Crippen LogP contribution is 2.22. The first-order valence-electron chi connectivity index (χ1n) is 6.69. The van der Waals surface area contributed by atoms with Crippen LogP contribution in [0.2, 0.25) is 0 Å². The molecule has 0 spiro atoms. The lowest BCUT2D eigenvalue weighted by Gasteiger charge is -2.13. The summed E-state index contributed by atoms with van der Waals surface area (Å²) in [5.74, 6) is -1.73. The van der Waals surface area contributed by atoms with Gasteiger partial charge in [0.25, 0.3) is 0 Å². The number of rotatable bonds is 3. The lowest BCUT2D eigenvalue weighted by atomic mass is 10.0. The van der Waals surface area contributed by atoms with Crippen molar-refractivity contribution in [3.63, 3.8) is 0 Å². The molecule has 1 aliphatic rings. The molecule has 6 nitrogen and oxygen atoms in total. The van der Waals surface area contributed by atoms with Crippen molar-refractivity contribution in [3.05, 3.63) is 28.8 Å². The summed E-state index contributed by atoms with van der Waals surface area (Å²) in [6.45, 7) is 3.92. The summed E-state index contributed by atoms with van der Waals surface area (Å²) in [7, 11) is 1.66. The Morgan fingerprint density at radius 2 is 2.00 bits per heavy atom. The quantitative estimate of drug-likeness (QED) is 0.881. The second kappa shape index (κ2) is 5.55. The zero-order chi connectivity index (χ0) is 15.7. The third-order valence-electron chi connectivity index (χ3n) is 3.88. The number of hydrogen-bond acceptors (Lipinski definition) is 3. The Balaban J connectivity index is 2.18. The highest BCUT2D eigenvalue weighted by molar-refractivity contribution is 5.98. The van der Waals surface area contributed by atoms with Crippen LogP contribution in [0, 0.1) is 19.8 Å².